The summed E-state index contributed by atoms with van der Waals surface area (Å²) >= 11 is 0. The maximum Gasteiger partial charge on any atom is 0.253 e. The van der Waals surface area contributed by atoms with Crippen LogP contribution in [0.15, 0.2) is 36.2 Å². The second-order valence-corrected chi connectivity index (χ2v) is 7.06. The summed E-state index contributed by atoms with van der Waals surface area (Å²) in [5.74, 6) is 0.171. The summed E-state index contributed by atoms with van der Waals surface area (Å²) in [6.45, 7) is 3.35. The molecular weight excluding hydrogens is 314 g/mol. The molecule has 2 amide bonds. The molecule has 1 saturated heterocycles. The summed E-state index contributed by atoms with van der Waals surface area (Å²) in [5.41, 5.74) is 2.03. The molecule has 1 aliphatic heterocycles. The van der Waals surface area contributed by atoms with Crippen LogP contribution < -0.4 is 5.32 Å². The summed E-state index contributed by atoms with van der Waals surface area (Å²) in [6.07, 6.45) is 11.7. The zero-order chi connectivity index (χ0) is 17.6. The molecule has 0 bridgehead atoms. The average molecular weight is 341 g/mol. The standard InChI is InChI=1S/C20H27N3O2/c1-15(16-5-3-2-4-6-16)22-19(24)17-9-13-23(14-10-17)20(25)18-7-11-21-12-8-18/h5,7-8,11-12,15,17H,2-4,6,9-10,13-14H2,1H3,(H,22,24). The SMILES string of the molecule is CC(NC(=O)C1CCN(C(=O)c2ccncc2)CC1)C1=CCCCC1. The number of hydrogen-bond donors (Lipinski definition) is 1. The Morgan fingerprint density at radius 1 is 1.20 bits per heavy atom. The first-order valence-corrected chi connectivity index (χ1v) is 9.34. The first-order valence-electron chi connectivity index (χ1n) is 9.34. The Morgan fingerprint density at radius 3 is 2.56 bits per heavy atom. The molecular formula is C20H27N3O2. The number of nitrogens with zero attached hydrogens (tertiary/aromatic N) is 2. The lowest BCUT2D eigenvalue weighted by Crippen LogP contribution is -2.45. The van der Waals surface area contributed by atoms with Crippen molar-refractivity contribution in [3.05, 3.63) is 41.7 Å². The van der Waals surface area contributed by atoms with E-state index in [0.29, 0.717) is 18.7 Å². The van der Waals surface area contributed by atoms with E-state index in [1.807, 2.05) is 4.90 Å². The highest BCUT2D eigenvalue weighted by atomic mass is 16.2. The van der Waals surface area contributed by atoms with Crippen molar-refractivity contribution in [2.24, 2.45) is 5.92 Å². The smallest absolute Gasteiger partial charge is 0.253 e. The van der Waals surface area contributed by atoms with Gasteiger partial charge in [-0.05, 0) is 57.6 Å². The van der Waals surface area contributed by atoms with Gasteiger partial charge in [0.1, 0.15) is 0 Å². The van der Waals surface area contributed by atoms with Crippen molar-refractivity contribution >= 4 is 11.8 Å². The van der Waals surface area contributed by atoms with E-state index in [9.17, 15) is 9.59 Å². The molecule has 2 aliphatic rings. The normalized spacial score (nSPS) is 19.9. The number of hydrogen-bond acceptors (Lipinski definition) is 3. The van der Waals surface area contributed by atoms with E-state index in [2.05, 4.69) is 23.3 Å². The molecule has 0 radical (unpaired) electrons. The second kappa shape index (κ2) is 8.28. The number of rotatable bonds is 4. The number of allylic oxidation sites excluding steroid dienone is 1. The summed E-state index contributed by atoms with van der Waals surface area (Å²) in [5, 5.41) is 3.18. The van der Waals surface area contributed by atoms with E-state index >= 15 is 0 Å². The maximum absolute atomic E-state index is 12.5. The van der Waals surface area contributed by atoms with Gasteiger partial charge in [-0.25, -0.2) is 0 Å². The molecule has 25 heavy (non-hydrogen) atoms. The fourth-order valence-corrected chi connectivity index (χ4v) is 3.70. The van der Waals surface area contributed by atoms with Gasteiger partial charge in [-0.3, -0.25) is 14.6 Å². The highest BCUT2D eigenvalue weighted by Crippen LogP contribution is 2.22. The van der Waals surface area contributed by atoms with Crippen LogP contribution in [0.3, 0.4) is 0 Å². The van der Waals surface area contributed by atoms with Crippen LogP contribution in [-0.2, 0) is 4.79 Å². The predicted octanol–water partition coefficient (Wildman–Crippen LogP) is 2.94. The minimum Gasteiger partial charge on any atom is -0.350 e. The number of piperidine rings is 1. The van der Waals surface area contributed by atoms with Crippen LogP contribution in [0.25, 0.3) is 0 Å². The largest absolute Gasteiger partial charge is 0.350 e. The molecule has 1 aromatic heterocycles. The van der Waals surface area contributed by atoms with Crippen LogP contribution >= 0.6 is 0 Å². The van der Waals surface area contributed by atoms with Crippen molar-refractivity contribution in [3.63, 3.8) is 0 Å². The number of carbonyl (C=O) groups excluding carboxylic acids is 2. The molecule has 1 fully saturated rings. The zero-order valence-electron chi connectivity index (χ0n) is 14.9. The Hall–Kier alpha value is -2.17. The predicted molar refractivity (Wildman–Crippen MR) is 97.0 cm³/mol. The van der Waals surface area contributed by atoms with Crippen molar-refractivity contribution in [2.75, 3.05) is 13.1 Å². The molecule has 0 saturated carbocycles. The van der Waals surface area contributed by atoms with Gasteiger partial charge < -0.3 is 10.2 Å². The minimum atomic E-state index is 0.00753. The number of carbonyl (C=O) groups is 2. The van der Waals surface area contributed by atoms with Gasteiger partial charge in [0.05, 0.1) is 0 Å². The average Bonchev–Trinajstić information content (AvgIpc) is 2.69. The van der Waals surface area contributed by atoms with E-state index in [1.165, 1.54) is 18.4 Å². The number of nitrogens with one attached hydrogen (secondary N) is 1. The monoisotopic (exact) mass is 341 g/mol. The van der Waals surface area contributed by atoms with Gasteiger partial charge in [-0.2, -0.15) is 0 Å². The second-order valence-electron chi connectivity index (χ2n) is 7.06. The fraction of sp³-hybridized carbons (Fsp3) is 0.550. The lowest BCUT2D eigenvalue weighted by atomic mass is 9.92. The van der Waals surface area contributed by atoms with Crippen molar-refractivity contribution in [2.45, 2.75) is 51.5 Å². The van der Waals surface area contributed by atoms with E-state index in [4.69, 9.17) is 0 Å². The molecule has 0 aromatic carbocycles. The highest BCUT2D eigenvalue weighted by Gasteiger charge is 2.28. The van der Waals surface area contributed by atoms with Crippen LogP contribution in [0.1, 0.15) is 55.8 Å². The van der Waals surface area contributed by atoms with Gasteiger partial charge in [-0.1, -0.05) is 11.6 Å². The summed E-state index contributed by atoms with van der Waals surface area (Å²) < 4.78 is 0. The maximum atomic E-state index is 12.5. The Kier molecular flexibility index (Phi) is 5.84. The van der Waals surface area contributed by atoms with Crippen molar-refractivity contribution in [1.29, 1.82) is 0 Å². The van der Waals surface area contributed by atoms with Gasteiger partial charge in [0.2, 0.25) is 5.91 Å². The number of likely N-dealkylation sites (tertiary alicyclic amines) is 1. The molecule has 2 heterocycles. The van der Waals surface area contributed by atoms with Crippen molar-refractivity contribution in [1.82, 2.24) is 15.2 Å². The van der Waals surface area contributed by atoms with E-state index in [1.54, 1.807) is 24.5 Å². The number of aromatic nitrogens is 1. The molecule has 1 N–H and O–H groups in total. The third-order valence-electron chi connectivity index (χ3n) is 5.32. The van der Waals surface area contributed by atoms with E-state index in [0.717, 1.165) is 25.7 Å². The molecule has 1 unspecified atom stereocenters. The molecule has 0 spiro atoms. The molecule has 1 aromatic rings. The lowest BCUT2D eigenvalue weighted by Gasteiger charge is -2.32. The Balaban J connectivity index is 1.49. The first kappa shape index (κ1) is 17.6. The van der Waals surface area contributed by atoms with Gasteiger partial charge in [0.25, 0.3) is 5.91 Å². The van der Waals surface area contributed by atoms with E-state index in [-0.39, 0.29) is 23.8 Å². The Bertz CT molecular complexity index is 634. The Morgan fingerprint density at radius 2 is 1.92 bits per heavy atom. The van der Waals surface area contributed by atoms with Gasteiger partial charge in [0, 0.05) is 43.0 Å². The number of amides is 2. The minimum absolute atomic E-state index is 0.00753. The molecule has 1 aliphatic carbocycles. The zero-order valence-corrected chi connectivity index (χ0v) is 14.9. The fourth-order valence-electron chi connectivity index (χ4n) is 3.70. The Labute approximate surface area is 149 Å². The van der Waals surface area contributed by atoms with Crippen LogP contribution in [0, 0.1) is 5.92 Å². The van der Waals surface area contributed by atoms with Crippen LogP contribution in [-0.4, -0.2) is 40.8 Å². The van der Waals surface area contributed by atoms with Crippen LogP contribution in [0.2, 0.25) is 0 Å². The first-order chi connectivity index (χ1) is 12.1. The number of pyridine rings is 1. The van der Waals surface area contributed by atoms with Gasteiger partial charge in [-0.15, -0.1) is 0 Å². The van der Waals surface area contributed by atoms with Crippen LogP contribution in [0.5, 0.6) is 0 Å². The third kappa shape index (κ3) is 4.47. The van der Waals surface area contributed by atoms with Gasteiger partial charge in [0.15, 0.2) is 0 Å². The molecule has 5 nitrogen and oxygen atoms in total. The van der Waals surface area contributed by atoms with Crippen molar-refractivity contribution < 1.29 is 9.59 Å². The third-order valence-corrected chi connectivity index (χ3v) is 5.32. The summed E-state index contributed by atoms with van der Waals surface area (Å²) in [7, 11) is 0. The quantitative estimate of drug-likeness (QED) is 0.857. The van der Waals surface area contributed by atoms with Crippen LogP contribution in [0.4, 0.5) is 0 Å². The lowest BCUT2D eigenvalue weighted by molar-refractivity contribution is -0.126. The summed E-state index contributed by atoms with van der Waals surface area (Å²) in [6, 6.07) is 3.60. The molecule has 134 valence electrons. The summed E-state index contributed by atoms with van der Waals surface area (Å²) in [4.78, 5) is 30.8. The van der Waals surface area contributed by atoms with E-state index < -0.39 is 0 Å². The molecule has 1 atom stereocenters. The topological polar surface area (TPSA) is 62.3 Å². The van der Waals surface area contributed by atoms with Crippen molar-refractivity contribution in [3.8, 4) is 0 Å². The van der Waals surface area contributed by atoms with Gasteiger partial charge >= 0.3 is 0 Å². The molecule has 3 rings (SSSR count). The molecule has 5 heteroatoms. The highest BCUT2D eigenvalue weighted by molar-refractivity contribution is 5.94.